The van der Waals surface area contributed by atoms with Crippen LogP contribution in [-0.4, -0.2) is 39.7 Å². The molecule has 6 nitrogen and oxygen atoms in total. The number of amides is 1. The molecule has 0 aromatic carbocycles. The molecule has 2 aliphatic heterocycles. The number of rotatable bonds is 12. The zero-order chi connectivity index (χ0) is 19.6. The quantitative estimate of drug-likeness (QED) is 0.574. The van der Waals surface area contributed by atoms with Crippen molar-refractivity contribution in [3.63, 3.8) is 0 Å². The molecule has 1 amide bonds. The number of hydrogen-bond donors (Lipinski definition) is 1. The molecule has 2 heterocycles. The Bertz CT molecular complexity index is 668. The summed E-state index contributed by atoms with van der Waals surface area (Å²) in [7, 11) is 0. The summed E-state index contributed by atoms with van der Waals surface area (Å²) in [6.45, 7) is 10.5. The number of carbonyl (C=O) groups excluding carboxylic acids is 1. The molecule has 0 fully saturated rings. The third-order valence-electron chi connectivity index (χ3n) is 4.50. The number of fused-ring (bicyclic) bond motifs is 1. The lowest BCUT2D eigenvalue weighted by atomic mass is 10.0. The summed E-state index contributed by atoms with van der Waals surface area (Å²) in [6, 6.07) is 2.13. The Labute approximate surface area is 163 Å². The van der Waals surface area contributed by atoms with Crippen LogP contribution in [0.4, 0.5) is 0 Å². The highest BCUT2D eigenvalue weighted by Crippen LogP contribution is 2.17. The van der Waals surface area contributed by atoms with Gasteiger partial charge in [0.1, 0.15) is 11.5 Å². The van der Waals surface area contributed by atoms with Crippen molar-refractivity contribution in [1.82, 2.24) is 19.9 Å². The summed E-state index contributed by atoms with van der Waals surface area (Å²) in [6.07, 6.45) is 8.62. The number of nitrogens with zero attached hydrogens (tertiary/aromatic N) is 3. The monoisotopic (exact) mass is 374 g/mol. The lowest BCUT2D eigenvalue weighted by Crippen LogP contribution is -2.39. The summed E-state index contributed by atoms with van der Waals surface area (Å²) < 4.78 is 7.64. The molecule has 0 saturated heterocycles. The molecule has 150 valence electrons. The Morgan fingerprint density at radius 3 is 2.74 bits per heavy atom. The molecule has 0 bridgehead atoms. The smallest absolute Gasteiger partial charge is 0.220 e. The van der Waals surface area contributed by atoms with Crippen LogP contribution in [0.5, 0.6) is 0 Å². The van der Waals surface area contributed by atoms with Gasteiger partial charge in [-0.25, -0.2) is 9.97 Å². The fraction of sp³-hybridized carbons (Fsp3) is 0.667. The van der Waals surface area contributed by atoms with Crippen LogP contribution in [0.2, 0.25) is 0 Å². The minimum absolute atomic E-state index is 0.119. The zero-order valence-electron chi connectivity index (χ0n) is 17.2. The number of aromatic nitrogens is 3. The van der Waals surface area contributed by atoms with Gasteiger partial charge in [0.25, 0.3) is 0 Å². The van der Waals surface area contributed by atoms with Crippen molar-refractivity contribution < 1.29 is 9.53 Å². The molecule has 0 aliphatic carbocycles. The van der Waals surface area contributed by atoms with E-state index in [1.54, 1.807) is 0 Å². The number of carbonyl (C=O) groups is 1. The van der Waals surface area contributed by atoms with Crippen molar-refractivity contribution in [2.75, 3.05) is 13.2 Å². The Kier molecular flexibility index (Phi) is 8.72. The maximum atomic E-state index is 12.2. The second-order valence-corrected chi connectivity index (χ2v) is 7.59. The molecule has 2 aliphatic rings. The molecule has 0 saturated carbocycles. The number of pyridine rings is 1. The minimum Gasteiger partial charge on any atom is -0.380 e. The molecule has 0 unspecified atom stereocenters. The molecular formula is C21H34N4O2. The van der Waals surface area contributed by atoms with Crippen LogP contribution in [0, 0.1) is 12.8 Å². The minimum atomic E-state index is 0.119. The zero-order valence-corrected chi connectivity index (χ0v) is 17.2. The van der Waals surface area contributed by atoms with E-state index < -0.39 is 0 Å². The Hall–Kier alpha value is -1.95. The lowest BCUT2D eigenvalue weighted by molar-refractivity contribution is -0.122. The van der Waals surface area contributed by atoms with Crippen molar-refractivity contribution in [1.29, 1.82) is 0 Å². The number of unbranched alkanes of at least 4 members (excludes halogenated alkanes) is 2. The molecule has 6 heteroatoms. The van der Waals surface area contributed by atoms with E-state index in [0.717, 1.165) is 49.4 Å². The Balaban J connectivity index is 1.66. The average Bonchev–Trinajstić information content (AvgIpc) is 2.98. The van der Waals surface area contributed by atoms with Gasteiger partial charge < -0.3 is 14.6 Å². The van der Waals surface area contributed by atoms with Gasteiger partial charge in [-0.3, -0.25) is 4.79 Å². The number of ether oxygens (including phenoxy) is 1. The third-order valence-corrected chi connectivity index (χ3v) is 4.50. The van der Waals surface area contributed by atoms with Gasteiger partial charge in [0.05, 0.1) is 18.3 Å². The van der Waals surface area contributed by atoms with Crippen LogP contribution < -0.4 is 5.32 Å². The van der Waals surface area contributed by atoms with Crippen molar-refractivity contribution in [2.45, 2.75) is 72.4 Å². The topological polar surface area (TPSA) is 69.0 Å². The van der Waals surface area contributed by atoms with Crippen molar-refractivity contribution >= 4 is 5.91 Å². The summed E-state index contributed by atoms with van der Waals surface area (Å²) in [5, 5.41) is 3.13. The molecule has 2 rings (SSSR count). The van der Waals surface area contributed by atoms with E-state index in [-0.39, 0.29) is 11.9 Å². The number of hydrogen-bond acceptors (Lipinski definition) is 4. The second-order valence-electron chi connectivity index (χ2n) is 7.59. The van der Waals surface area contributed by atoms with E-state index >= 15 is 0 Å². The van der Waals surface area contributed by atoms with Crippen molar-refractivity contribution in [3.05, 3.63) is 24.3 Å². The van der Waals surface area contributed by atoms with Crippen LogP contribution in [0.15, 0.2) is 18.5 Å². The first-order valence-corrected chi connectivity index (χ1v) is 10.1. The maximum Gasteiger partial charge on any atom is 0.220 e. The van der Waals surface area contributed by atoms with E-state index in [2.05, 4.69) is 33.7 Å². The highest BCUT2D eigenvalue weighted by atomic mass is 16.5. The van der Waals surface area contributed by atoms with E-state index in [1.807, 2.05) is 32.3 Å². The number of aryl methyl sites for hydroxylation is 2. The summed E-state index contributed by atoms with van der Waals surface area (Å²) in [5.41, 5.74) is 1.89. The van der Waals surface area contributed by atoms with E-state index in [4.69, 9.17) is 4.74 Å². The molecule has 27 heavy (non-hydrogen) atoms. The van der Waals surface area contributed by atoms with E-state index in [0.29, 0.717) is 25.6 Å². The van der Waals surface area contributed by atoms with Crippen molar-refractivity contribution in [2.24, 2.45) is 5.92 Å². The molecular weight excluding hydrogens is 340 g/mol. The second kappa shape index (κ2) is 11.0. The third kappa shape index (κ3) is 7.67. The summed E-state index contributed by atoms with van der Waals surface area (Å²) in [5.74, 6) is 1.49. The lowest BCUT2D eigenvalue weighted by Gasteiger charge is -2.20. The van der Waals surface area contributed by atoms with Crippen LogP contribution in [0.25, 0.3) is 11.4 Å². The highest BCUT2D eigenvalue weighted by Gasteiger charge is 2.14. The molecule has 0 radical (unpaired) electrons. The van der Waals surface area contributed by atoms with E-state index in [9.17, 15) is 4.79 Å². The van der Waals surface area contributed by atoms with Crippen LogP contribution in [-0.2, 0) is 16.1 Å². The fourth-order valence-electron chi connectivity index (χ4n) is 3.27. The van der Waals surface area contributed by atoms with Gasteiger partial charge in [-0.1, -0.05) is 20.3 Å². The Morgan fingerprint density at radius 2 is 2.00 bits per heavy atom. The maximum absolute atomic E-state index is 12.2. The van der Waals surface area contributed by atoms with Crippen molar-refractivity contribution in [3.8, 4) is 11.4 Å². The van der Waals surface area contributed by atoms with Gasteiger partial charge in [0.15, 0.2) is 0 Å². The predicted molar refractivity (Wildman–Crippen MR) is 108 cm³/mol. The number of imidazole rings is 1. The highest BCUT2D eigenvalue weighted by molar-refractivity contribution is 5.76. The number of nitrogens with one attached hydrogen (secondary N) is 1. The fourth-order valence-corrected chi connectivity index (χ4v) is 3.27. The van der Waals surface area contributed by atoms with Gasteiger partial charge in [-0.05, 0) is 45.1 Å². The molecule has 1 atom stereocenters. The molecule has 0 aromatic heterocycles. The Morgan fingerprint density at radius 1 is 1.22 bits per heavy atom. The van der Waals surface area contributed by atoms with Gasteiger partial charge in [-0.15, -0.1) is 0 Å². The first-order chi connectivity index (χ1) is 13.0. The first-order valence-electron chi connectivity index (χ1n) is 10.1. The van der Waals surface area contributed by atoms with Gasteiger partial charge in [0, 0.05) is 32.0 Å². The normalized spacial score (nSPS) is 12.6. The standard InChI is InChI=1S/C21H34N4O2/c1-5-27-15-18(13-16(2)3)24-21(26)9-7-6-8-11-25-12-10-19-20(14-25)23-17(4)22-19/h10,12,14,16,18H,5-9,11,13,15H2,1-4H3,(H,24,26)/t18-/m0/s1. The predicted octanol–water partition coefficient (Wildman–Crippen LogP) is 3.82. The van der Waals surface area contributed by atoms with Crippen LogP contribution in [0.1, 0.15) is 58.7 Å². The van der Waals surface area contributed by atoms with Gasteiger partial charge in [-0.2, -0.15) is 0 Å². The SMILES string of the molecule is CCOC[C@H](CC(C)C)NC(=O)CCCCCn1ccc2nc(C)nc-2c1. The summed E-state index contributed by atoms with van der Waals surface area (Å²) >= 11 is 0. The van der Waals surface area contributed by atoms with Gasteiger partial charge >= 0.3 is 0 Å². The largest absolute Gasteiger partial charge is 0.380 e. The van der Waals surface area contributed by atoms with Crippen LogP contribution >= 0.6 is 0 Å². The average molecular weight is 375 g/mol. The van der Waals surface area contributed by atoms with Crippen LogP contribution in [0.3, 0.4) is 0 Å². The molecule has 0 aromatic rings. The molecule has 0 spiro atoms. The molecule has 1 N–H and O–H groups in total. The van der Waals surface area contributed by atoms with Gasteiger partial charge in [0.2, 0.25) is 5.91 Å². The summed E-state index contributed by atoms with van der Waals surface area (Å²) in [4.78, 5) is 21.0. The van der Waals surface area contributed by atoms with E-state index in [1.165, 1.54) is 0 Å². The first kappa shape index (κ1) is 21.4.